The van der Waals surface area contributed by atoms with E-state index in [0.717, 1.165) is 51.8 Å². The summed E-state index contributed by atoms with van der Waals surface area (Å²) in [7, 11) is 1.32. The number of esters is 1. The first-order chi connectivity index (χ1) is 28.0. The van der Waals surface area contributed by atoms with Gasteiger partial charge in [0.1, 0.15) is 11.4 Å². The average Bonchev–Trinajstić information content (AvgIpc) is 3.89. The minimum absolute atomic E-state index is 0.274. The van der Waals surface area contributed by atoms with Crippen molar-refractivity contribution in [2.75, 3.05) is 7.11 Å². The molecule has 10 heteroatoms. The third-order valence-corrected chi connectivity index (χ3v) is 10.4. The van der Waals surface area contributed by atoms with Crippen molar-refractivity contribution in [2.45, 2.75) is 38.3 Å². The molecular weight excluding hydrogens is 711 g/mol. The Kier molecular flexibility index (Phi) is 10.5. The molecular formula is C47H41N7O3. The van der Waals surface area contributed by atoms with Gasteiger partial charge in [0.2, 0.25) is 0 Å². The van der Waals surface area contributed by atoms with Crippen LogP contribution in [0.2, 0.25) is 0 Å². The lowest BCUT2D eigenvalue weighted by molar-refractivity contribution is 0.0600. The number of para-hydroxylation sites is 1. The van der Waals surface area contributed by atoms with Gasteiger partial charge in [-0.2, -0.15) is 4.68 Å². The summed E-state index contributed by atoms with van der Waals surface area (Å²) in [6, 6.07) is 54.3. The number of methoxy groups -OCH3 is 1. The number of tetrazole rings is 1. The van der Waals surface area contributed by atoms with Crippen LogP contribution in [-0.2, 0) is 23.2 Å². The number of unbranched alkanes of at least 4 members (excludes halogenated alkanes) is 1. The summed E-state index contributed by atoms with van der Waals surface area (Å²) in [5, 5.41) is 18.5. The first kappa shape index (κ1) is 36.8. The summed E-state index contributed by atoms with van der Waals surface area (Å²) in [5.74, 6) is 0.734. The minimum Gasteiger partial charge on any atom is -0.465 e. The summed E-state index contributed by atoms with van der Waals surface area (Å²) in [4.78, 5) is 26.6. The van der Waals surface area contributed by atoms with Crippen molar-refractivity contribution in [3.05, 3.63) is 208 Å². The molecule has 2 heterocycles. The first-order valence-corrected chi connectivity index (χ1v) is 19.0. The van der Waals surface area contributed by atoms with Crippen molar-refractivity contribution in [1.29, 1.82) is 0 Å². The molecule has 0 atom stereocenters. The Morgan fingerprint density at radius 2 is 1.25 bits per heavy atom. The largest absolute Gasteiger partial charge is 0.465 e. The summed E-state index contributed by atoms with van der Waals surface area (Å²) < 4.78 is 9.95. The highest BCUT2D eigenvalue weighted by molar-refractivity contribution is 5.93. The minimum atomic E-state index is -0.899. The van der Waals surface area contributed by atoms with Crippen LogP contribution >= 0.6 is 0 Å². The van der Waals surface area contributed by atoms with Gasteiger partial charge in [0.05, 0.1) is 24.9 Å². The van der Waals surface area contributed by atoms with E-state index in [4.69, 9.17) is 20.1 Å². The Balaban J connectivity index is 1.20. The van der Waals surface area contributed by atoms with Gasteiger partial charge in [0, 0.05) is 12.0 Å². The van der Waals surface area contributed by atoms with Gasteiger partial charge in [-0.3, -0.25) is 4.57 Å². The number of benzene rings is 6. The van der Waals surface area contributed by atoms with Gasteiger partial charge in [0.25, 0.3) is 0 Å². The molecule has 0 saturated heterocycles. The van der Waals surface area contributed by atoms with E-state index < -0.39 is 11.5 Å². The number of ether oxygens (including phenoxy) is 1. The van der Waals surface area contributed by atoms with E-state index in [9.17, 15) is 9.59 Å². The molecule has 0 fully saturated rings. The zero-order valence-electron chi connectivity index (χ0n) is 31.8. The molecule has 0 N–H and O–H groups in total. The second kappa shape index (κ2) is 16.3. The number of nitrogens with zero attached hydrogens (tertiary/aromatic N) is 7. The third kappa shape index (κ3) is 6.86. The Morgan fingerprint density at radius 3 is 1.84 bits per heavy atom. The van der Waals surface area contributed by atoms with Gasteiger partial charge in [-0.1, -0.05) is 165 Å². The van der Waals surface area contributed by atoms with Crippen LogP contribution in [0, 0.1) is 0 Å². The molecule has 8 aromatic rings. The van der Waals surface area contributed by atoms with Crippen molar-refractivity contribution < 1.29 is 9.53 Å². The van der Waals surface area contributed by atoms with Crippen LogP contribution in [0.25, 0.3) is 28.2 Å². The Hall–Kier alpha value is -7.20. The quantitative estimate of drug-likeness (QED) is 0.0860. The summed E-state index contributed by atoms with van der Waals surface area (Å²) in [6.07, 6.45) is 2.43. The smallest absolute Gasteiger partial charge is 0.351 e. The molecule has 0 aliphatic rings. The zero-order chi connectivity index (χ0) is 39.2. The van der Waals surface area contributed by atoms with E-state index in [1.165, 1.54) is 11.8 Å². The fraction of sp³-hybridized carbons (Fsp3) is 0.149. The Labute approximate surface area is 330 Å². The van der Waals surface area contributed by atoms with Crippen LogP contribution in [0.1, 0.15) is 58.2 Å². The van der Waals surface area contributed by atoms with Crippen LogP contribution in [-0.4, -0.2) is 47.6 Å². The molecule has 10 nitrogen and oxygen atoms in total. The predicted molar refractivity (Wildman–Crippen MR) is 220 cm³/mol. The SMILES string of the molecule is CCCCc1nn(-c2ccccc2C(=O)OC)c(=O)n1Cc1ccc(-c2ccccc2-c2nnnn2C(c2ccccc2)(c2ccccc2)c2ccccc2)cc1. The number of aryl methyl sites for hydroxylation is 1. The monoisotopic (exact) mass is 751 g/mol. The molecule has 282 valence electrons. The molecule has 0 aliphatic carbocycles. The van der Waals surface area contributed by atoms with Crippen molar-refractivity contribution in [1.82, 2.24) is 34.6 Å². The second-order valence-electron chi connectivity index (χ2n) is 13.8. The van der Waals surface area contributed by atoms with E-state index in [-0.39, 0.29) is 11.3 Å². The number of carbonyl (C=O) groups is 1. The van der Waals surface area contributed by atoms with E-state index in [1.54, 1.807) is 28.8 Å². The number of rotatable bonds is 13. The highest BCUT2D eigenvalue weighted by Crippen LogP contribution is 2.43. The molecule has 0 radical (unpaired) electrons. The van der Waals surface area contributed by atoms with E-state index in [0.29, 0.717) is 30.3 Å². The number of hydrogen-bond acceptors (Lipinski definition) is 7. The average molecular weight is 752 g/mol. The molecule has 0 unspecified atom stereocenters. The molecule has 6 aromatic carbocycles. The van der Waals surface area contributed by atoms with Gasteiger partial charge >= 0.3 is 11.7 Å². The van der Waals surface area contributed by atoms with Gasteiger partial charge in [0.15, 0.2) is 5.82 Å². The van der Waals surface area contributed by atoms with E-state index in [2.05, 4.69) is 72.8 Å². The standard InChI is InChI=1S/C47H41N7O3/c1-3-4-28-43-49-53(42-27-17-16-26-41(42)45(55)57-2)46(56)52(43)33-34-29-31-35(32-30-34)39-24-14-15-25-40(39)44-48-50-51-54(44)47(36-18-8-5-9-19-36,37-20-10-6-11-21-37)38-22-12-7-13-23-38/h5-27,29-32H,3-4,28,33H2,1-2H3. The maximum absolute atomic E-state index is 14.0. The van der Waals surface area contributed by atoms with Crippen molar-refractivity contribution >= 4 is 5.97 Å². The highest BCUT2D eigenvalue weighted by Gasteiger charge is 2.42. The fourth-order valence-corrected chi connectivity index (χ4v) is 7.60. The summed E-state index contributed by atoms with van der Waals surface area (Å²) in [6.45, 7) is 2.41. The Bertz CT molecular complexity index is 2570. The predicted octanol–water partition coefficient (Wildman–Crippen LogP) is 8.37. The summed E-state index contributed by atoms with van der Waals surface area (Å²) in [5.41, 5.74) is 6.21. The summed E-state index contributed by atoms with van der Waals surface area (Å²) >= 11 is 0. The van der Waals surface area contributed by atoms with Crippen LogP contribution in [0.3, 0.4) is 0 Å². The fourth-order valence-electron chi connectivity index (χ4n) is 7.60. The van der Waals surface area contributed by atoms with Crippen molar-refractivity contribution in [3.63, 3.8) is 0 Å². The topological polar surface area (TPSA) is 110 Å². The van der Waals surface area contributed by atoms with Crippen LogP contribution in [0.4, 0.5) is 0 Å². The van der Waals surface area contributed by atoms with Crippen LogP contribution in [0.15, 0.2) is 169 Å². The van der Waals surface area contributed by atoms with Crippen LogP contribution < -0.4 is 5.69 Å². The van der Waals surface area contributed by atoms with E-state index >= 15 is 0 Å². The number of hydrogen-bond donors (Lipinski definition) is 0. The third-order valence-electron chi connectivity index (χ3n) is 10.4. The molecule has 0 saturated carbocycles. The molecule has 8 rings (SSSR count). The van der Waals surface area contributed by atoms with Gasteiger partial charge < -0.3 is 4.74 Å². The van der Waals surface area contributed by atoms with E-state index in [1.807, 2.05) is 83.5 Å². The lowest BCUT2D eigenvalue weighted by Crippen LogP contribution is -2.39. The van der Waals surface area contributed by atoms with Gasteiger partial charge in [-0.15, -0.1) is 10.2 Å². The van der Waals surface area contributed by atoms with Crippen molar-refractivity contribution in [3.8, 4) is 28.2 Å². The second-order valence-corrected chi connectivity index (χ2v) is 13.8. The Morgan fingerprint density at radius 1 is 0.684 bits per heavy atom. The first-order valence-electron chi connectivity index (χ1n) is 19.0. The molecule has 0 amide bonds. The molecule has 0 aliphatic heterocycles. The normalized spacial score (nSPS) is 11.4. The highest BCUT2D eigenvalue weighted by atomic mass is 16.5. The van der Waals surface area contributed by atoms with Gasteiger partial charge in [-0.05, 0) is 62.4 Å². The number of carbonyl (C=O) groups excluding carboxylic acids is 1. The van der Waals surface area contributed by atoms with Crippen LogP contribution in [0.5, 0.6) is 0 Å². The molecule has 57 heavy (non-hydrogen) atoms. The maximum Gasteiger partial charge on any atom is 0.351 e. The van der Waals surface area contributed by atoms with Crippen molar-refractivity contribution in [2.24, 2.45) is 0 Å². The molecule has 0 spiro atoms. The number of aromatic nitrogens is 7. The molecule has 0 bridgehead atoms. The van der Waals surface area contributed by atoms with Gasteiger partial charge in [-0.25, -0.2) is 14.3 Å². The lowest BCUT2D eigenvalue weighted by atomic mass is 9.77. The lowest BCUT2D eigenvalue weighted by Gasteiger charge is -2.36. The zero-order valence-corrected chi connectivity index (χ0v) is 31.8. The maximum atomic E-state index is 14.0. The molecule has 2 aromatic heterocycles.